The lowest BCUT2D eigenvalue weighted by Gasteiger charge is -2.08. The molecule has 154 valence electrons. The molecule has 4 rings (SSSR count). The van der Waals surface area contributed by atoms with E-state index in [1.165, 1.54) is 0 Å². The molecule has 3 aromatic carbocycles. The van der Waals surface area contributed by atoms with E-state index in [-0.39, 0.29) is 11.1 Å². The summed E-state index contributed by atoms with van der Waals surface area (Å²) in [5.74, 6) is 0.00892. The van der Waals surface area contributed by atoms with E-state index in [4.69, 9.17) is 16.3 Å². The monoisotopic (exact) mass is 448 g/mol. The summed E-state index contributed by atoms with van der Waals surface area (Å²) in [4.78, 5) is 28.9. The molecule has 0 atom stereocenters. The molecule has 0 saturated carbocycles. The maximum atomic E-state index is 12.2. The van der Waals surface area contributed by atoms with Crippen LogP contribution in [0.2, 0.25) is 5.02 Å². The second-order valence-electron chi connectivity index (χ2n) is 6.60. The zero-order valence-corrected chi connectivity index (χ0v) is 17.8. The molecule has 5 nitrogen and oxygen atoms in total. The summed E-state index contributed by atoms with van der Waals surface area (Å²) in [6.45, 7) is 0.369. The van der Waals surface area contributed by atoms with Gasteiger partial charge in [-0.1, -0.05) is 60.1 Å². The van der Waals surface area contributed by atoms with Crippen molar-refractivity contribution in [3.8, 4) is 5.75 Å². The molecule has 0 bridgehead atoms. The maximum absolute atomic E-state index is 12.2. The Kier molecular flexibility index (Phi) is 6.50. The third-order valence-electron chi connectivity index (χ3n) is 4.40. The lowest BCUT2D eigenvalue weighted by molar-refractivity contribution is -0.115. The van der Waals surface area contributed by atoms with Gasteiger partial charge in [0.2, 0.25) is 0 Å². The molecule has 1 aliphatic heterocycles. The fraction of sp³-hybridized carbons (Fsp3) is 0.0417. The average molecular weight is 449 g/mol. The summed E-state index contributed by atoms with van der Waals surface area (Å²) in [6, 6.07) is 23.6. The number of thioether (sulfide) groups is 1. The van der Waals surface area contributed by atoms with E-state index < -0.39 is 5.91 Å². The van der Waals surface area contributed by atoms with Gasteiger partial charge in [-0.3, -0.25) is 9.59 Å². The van der Waals surface area contributed by atoms with Crippen LogP contribution < -0.4 is 10.1 Å². The number of carbonyl (C=O) groups is 2. The minimum Gasteiger partial charge on any atom is -0.489 e. The minimum absolute atomic E-state index is 0.268. The molecule has 1 fully saturated rings. The first-order valence-corrected chi connectivity index (χ1v) is 10.6. The quantitative estimate of drug-likeness (QED) is 0.536. The fourth-order valence-electron chi connectivity index (χ4n) is 2.81. The van der Waals surface area contributed by atoms with Crippen LogP contribution in [-0.4, -0.2) is 17.0 Å². The number of nitrogens with zero attached hydrogens (tertiary/aromatic N) is 1. The van der Waals surface area contributed by atoms with Gasteiger partial charge in [-0.05, 0) is 53.7 Å². The van der Waals surface area contributed by atoms with Crippen LogP contribution in [0, 0.1) is 0 Å². The Labute approximate surface area is 188 Å². The van der Waals surface area contributed by atoms with Crippen LogP contribution in [0.25, 0.3) is 6.08 Å². The highest BCUT2D eigenvalue weighted by molar-refractivity contribution is 8.18. The van der Waals surface area contributed by atoms with Crippen molar-refractivity contribution in [3.05, 3.63) is 105 Å². The number of ether oxygens (including phenoxy) is 1. The van der Waals surface area contributed by atoms with Crippen molar-refractivity contribution in [3.63, 3.8) is 0 Å². The van der Waals surface area contributed by atoms with Gasteiger partial charge in [0.05, 0.1) is 4.91 Å². The van der Waals surface area contributed by atoms with Crippen LogP contribution in [0.15, 0.2) is 88.8 Å². The van der Waals surface area contributed by atoms with E-state index in [1.807, 2.05) is 54.6 Å². The molecule has 0 aliphatic carbocycles. The second kappa shape index (κ2) is 9.64. The highest BCUT2D eigenvalue weighted by Crippen LogP contribution is 2.27. The van der Waals surface area contributed by atoms with Gasteiger partial charge < -0.3 is 10.1 Å². The van der Waals surface area contributed by atoms with Gasteiger partial charge in [0.25, 0.3) is 11.8 Å². The predicted molar refractivity (Wildman–Crippen MR) is 124 cm³/mol. The third-order valence-corrected chi connectivity index (χ3v) is 5.68. The van der Waals surface area contributed by atoms with Crippen molar-refractivity contribution in [1.82, 2.24) is 5.32 Å². The molecule has 0 radical (unpaired) electrons. The molecule has 0 unspecified atom stereocenters. The summed E-state index contributed by atoms with van der Waals surface area (Å²) < 4.78 is 5.78. The normalized spacial score (nSPS) is 15.8. The van der Waals surface area contributed by atoms with Gasteiger partial charge in [0, 0.05) is 16.1 Å². The molecule has 1 saturated heterocycles. The van der Waals surface area contributed by atoms with Gasteiger partial charge in [0.15, 0.2) is 5.17 Å². The summed E-state index contributed by atoms with van der Waals surface area (Å²) in [6.07, 6.45) is 1.74. The molecule has 0 aromatic heterocycles. The highest BCUT2D eigenvalue weighted by Gasteiger charge is 2.24. The molecule has 1 aliphatic rings. The molecule has 31 heavy (non-hydrogen) atoms. The molecule has 1 N–H and O–H groups in total. The number of amidine groups is 1. The van der Waals surface area contributed by atoms with Crippen LogP contribution in [0.3, 0.4) is 0 Å². The number of carbonyl (C=O) groups excluding carboxylic acids is 2. The van der Waals surface area contributed by atoms with Gasteiger partial charge in [-0.2, -0.15) is 4.99 Å². The molecular formula is C24H17ClN2O3S. The van der Waals surface area contributed by atoms with E-state index in [0.717, 1.165) is 22.9 Å². The Morgan fingerprint density at radius 2 is 1.71 bits per heavy atom. The third kappa shape index (κ3) is 5.42. The summed E-state index contributed by atoms with van der Waals surface area (Å²) in [5, 5.41) is 3.56. The number of halogens is 1. The average Bonchev–Trinajstić information content (AvgIpc) is 3.13. The number of nitrogens with one attached hydrogen (secondary N) is 1. The number of aliphatic imine (C=N–C) groups is 1. The van der Waals surface area contributed by atoms with Crippen LogP contribution in [0.1, 0.15) is 21.5 Å². The van der Waals surface area contributed by atoms with Crippen molar-refractivity contribution in [1.29, 1.82) is 0 Å². The van der Waals surface area contributed by atoms with Gasteiger partial charge in [-0.15, -0.1) is 0 Å². The summed E-state index contributed by atoms with van der Waals surface area (Å²) in [5.41, 5.74) is 2.21. The summed E-state index contributed by atoms with van der Waals surface area (Å²) >= 11 is 7.28. The van der Waals surface area contributed by atoms with E-state index in [2.05, 4.69) is 10.3 Å². The Hall–Kier alpha value is -3.35. The number of hydrogen-bond acceptors (Lipinski definition) is 4. The van der Waals surface area contributed by atoms with E-state index in [1.54, 1.807) is 30.3 Å². The molecular weight excluding hydrogens is 432 g/mol. The first kappa shape index (κ1) is 20.9. The molecule has 1 heterocycles. The van der Waals surface area contributed by atoms with Crippen molar-refractivity contribution in [2.75, 3.05) is 0 Å². The Morgan fingerprint density at radius 3 is 2.45 bits per heavy atom. The van der Waals surface area contributed by atoms with Gasteiger partial charge in [-0.25, -0.2) is 0 Å². The molecule has 0 spiro atoms. The zero-order valence-electron chi connectivity index (χ0n) is 16.2. The Morgan fingerprint density at radius 1 is 1.00 bits per heavy atom. The highest BCUT2D eigenvalue weighted by atomic mass is 35.5. The zero-order chi connectivity index (χ0) is 21.6. The van der Waals surface area contributed by atoms with Crippen LogP contribution in [-0.2, 0) is 11.4 Å². The first-order valence-electron chi connectivity index (χ1n) is 9.44. The van der Waals surface area contributed by atoms with Crippen molar-refractivity contribution < 1.29 is 14.3 Å². The molecule has 7 heteroatoms. The van der Waals surface area contributed by atoms with E-state index in [9.17, 15) is 9.59 Å². The topological polar surface area (TPSA) is 67.8 Å². The number of rotatable bonds is 5. The van der Waals surface area contributed by atoms with Crippen LogP contribution in [0.5, 0.6) is 5.75 Å². The van der Waals surface area contributed by atoms with E-state index in [0.29, 0.717) is 27.8 Å². The second-order valence-corrected chi connectivity index (χ2v) is 8.04. The smallest absolute Gasteiger partial charge is 0.279 e. The van der Waals surface area contributed by atoms with Crippen molar-refractivity contribution >= 4 is 46.4 Å². The summed E-state index contributed by atoms with van der Waals surface area (Å²) in [7, 11) is 0. The maximum Gasteiger partial charge on any atom is 0.279 e. The largest absolute Gasteiger partial charge is 0.489 e. The van der Waals surface area contributed by atoms with Crippen molar-refractivity contribution in [2.45, 2.75) is 6.61 Å². The molecule has 2 amide bonds. The van der Waals surface area contributed by atoms with Gasteiger partial charge in [0.1, 0.15) is 12.4 Å². The number of hydrogen-bond donors (Lipinski definition) is 1. The van der Waals surface area contributed by atoms with Gasteiger partial charge >= 0.3 is 0 Å². The number of benzene rings is 3. The first-order chi connectivity index (χ1) is 15.1. The van der Waals surface area contributed by atoms with Crippen molar-refractivity contribution in [2.24, 2.45) is 4.99 Å². The van der Waals surface area contributed by atoms with Crippen LogP contribution >= 0.6 is 23.4 Å². The minimum atomic E-state index is -0.398. The Balaban J connectivity index is 1.40. The standard InChI is InChI=1S/C24H17ClN2O3S/c25-20-9-5-4-8-18(20)15-30-19-12-10-16(11-13-19)14-21-23(29)27-24(31-21)26-22(28)17-6-2-1-3-7-17/h1-14H,15H2,(H,26,27,28,29)/b21-14-. The molecule has 3 aromatic rings. The number of amides is 2. The lowest BCUT2D eigenvalue weighted by atomic mass is 10.2. The Bertz CT molecular complexity index is 1170. The fourth-order valence-corrected chi connectivity index (χ4v) is 3.82. The predicted octanol–water partition coefficient (Wildman–Crippen LogP) is 5.32. The SMILES string of the molecule is O=C1NC(=NC(=O)c2ccccc2)S/C1=C\c1ccc(OCc2ccccc2Cl)cc1. The lowest BCUT2D eigenvalue weighted by Crippen LogP contribution is -2.20. The van der Waals surface area contributed by atoms with Crippen LogP contribution in [0.4, 0.5) is 0 Å². The van der Waals surface area contributed by atoms with E-state index >= 15 is 0 Å².